The van der Waals surface area contributed by atoms with Gasteiger partial charge in [-0.15, -0.1) is 0 Å². The van der Waals surface area contributed by atoms with Gasteiger partial charge >= 0.3 is 0 Å². The van der Waals surface area contributed by atoms with Crippen LogP contribution in [0.4, 0.5) is 10.1 Å². The Hall–Kier alpha value is -2.40. The molecule has 0 radical (unpaired) electrons. The number of halogens is 2. The van der Waals surface area contributed by atoms with Crippen molar-refractivity contribution >= 4 is 29.0 Å². The van der Waals surface area contributed by atoms with Gasteiger partial charge in [0.15, 0.2) is 0 Å². The Bertz CT molecular complexity index is 699. The van der Waals surface area contributed by atoms with E-state index in [1.54, 1.807) is 19.1 Å². The lowest BCUT2D eigenvalue weighted by Gasteiger charge is -2.08. The number of nitrogens with zero attached hydrogens (tertiary/aromatic N) is 1. The molecule has 0 unspecified atom stereocenters. The maximum absolute atomic E-state index is 12.8. The van der Waals surface area contributed by atoms with Crippen LogP contribution in [-0.4, -0.2) is 11.7 Å². The van der Waals surface area contributed by atoms with Crippen LogP contribution in [0.5, 0.6) is 0 Å². The first-order valence-electron chi connectivity index (χ1n) is 6.04. The second-order valence-corrected chi connectivity index (χ2v) is 4.71. The molecule has 2 aromatic rings. The van der Waals surface area contributed by atoms with Gasteiger partial charge in [-0.2, -0.15) is 5.10 Å². The topological polar surface area (TPSA) is 64.5 Å². The number of rotatable bonds is 4. The zero-order valence-electron chi connectivity index (χ0n) is 11.1. The van der Waals surface area contributed by atoms with Crippen molar-refractivity contribution in [2.24, 2.45) is 5.10 Å². The highest BCUT2D eigenvalue weighted by Crippen LogP contribution is 2.23. The molecule has 0 atom stereocenters. The number of aromatic carboxylic acids is 1. The van der Waals surface area contributed by atoms with Crippen molar-refractivity contribution in [3.05, 3.63) is 64.4 Å². The van der Waals surface area contributed by atoms with E-state index in [0.717, 1.165) is 5.56 Å². The highest BCUT2D eigenvalue weighted by molar-refractivity contribution is 6.33. The van der Waals surface area contributed by atoms with E-state index in [1.165, 1.54) is 30.3 Å². The van der Waals surface area contributed by atoms with E-state index in [4.69, 9.17) is 11.6 Å². The van der Waals surface area contributed by atoms with Crippen LogP contribution in [-0.2, 0) is 0 Å². The number of carboxylic acids is 1. The minimum atomic E-state index is -1.30. The van der Waals surface area contributed by atoms with E-state index in [2.05, 4.69) is 10.5 Å². The molecular formula is C15H11ClFN2O2-. The number of carboxylic acid groups (broad SMARTS) is 1. The molecule has 0 fully saturated rings. The Morgan fingerprint density at radius 1 is 1.19 bits per heavy atom. The van der Waals surface area contributed by atoms with Crippen molar-refractivity contribution in [1.82, 2.24) is 0 Å². The third-order valence-electron chi connectivity index (χ3n) is 2.81. The van der Waals surface area contributed by atoms with Gasteiger partial charge in [0.1, 0.15) is 5.82 Å². The van der Waals surface area contributed by atoms with E-state index in [0.29, 0.717) is 16.4 Å². The second kappa shape index (κ2) is 6.37. The third kappa shape index (κ3) is 3.79. The van der Waals surface area contributed by atoms with Crippen LogP contribution in [0.25, 0.3) is 0 Å². The number of hydrogen-bond donors (Lipinski definition) is 1. The summed E-state index contributed by atoms with van der Waals surface area (Å²) in [7, 11) is 0. The summed E-state index contributed by atoms with van der Waals surface area (Å²) in [6, 6.07) is 9.97. The zero-order chi connectivity index (χ0) is 15.4. The lowest BCUT2D eigenvalue weighted by molar-refractivity contribution is -0.255. The molecular weight excluding hydrogens is 295 g/mol. The van der Waals surface area contributed by atoms with Crippen LogP contribution in [0.2, 0.25) is 5.02 Å². The minimum Gasteiger partial charge on any atom is -0.545 e. The average molecular weight is 306 g/mol. The lowest BCUT2D eigenvalue weighted by atomic mass is 10.1. The van der Waals surface area contributed by atoms with E-state index in [1.807, 2.05) is 0 Å². The molecule has 6 heteroatoms. The third-order valence-corrected chi connectivity index (χ3v) is 3.14. The molecule has 0 saturated heterocycles. The Morgan fingerprint density at radius 3 is 2.43 bits per heavy atom. The Balaban J connectivity index is 2.21. The second-order valence-electron chi connectivity index (χ2n) is 4.30. The van der Waals surface area contributed by atoms with E-state index in [-0.39, 0.29) is 11.4 Å². The molecule has 2 aromatic carbocycles. The molecule has 0 aromatic heterocycles. The fourth-order valence-electron chi connectivity index (χ4n) is 1.64. The molecule has 0 heterocycles. The van der Waals surface area contributed by atoms with Crippen LogP contribution in [0.1, 0.15) is 22.8 Å². The van der Waals surface area contributed by atoms with Gasteiger partial charge in [0.2, 0.25) is 0 Å². The normalized spacial score (nSPS) is 11.3. The number of hydrazone groups is 1. The van der Waals surface area contributed by atoms with E-state index < -0.39 is 5.97 Å². The first-order chi connectivity index (χ1) is 9.97. The zero-order valence-corrected chi connectivity index (χ0v) is 11.8. The molecule has 108 valence electrons. The van der Waals surface area contributed by atoms with Crippen molar-refractivity contribution < 1.29 is 14.3 Å². The van der Waals surface area contributed by atoms with E-state index in [9.17, 15) is 14.3 Å². The Labute approximate surface area is 125 Å². The maximum Gasteiger partial charge on any atom is 0.123 e. The molecule has 0 aliphatic heterocycles. The Morgan fingerprint density at radius 2 is 1.81 bits per heavy atom. The van der Waals surface area contributed by atoms with Gasteiger partial charge in [-0.05, 0) is 42.3 Å². The van der Waals surface area contributed by atoms with Crippen molar-refractivity contribution in [3.63, 3.8) is 0 Å². The summed E-state index contributed by atoms with van der Waals surface area (Å²) in [4.78, 5) is 10.8. The number of hydrogen-bond acceptors (Lipinski definition) is 4. The van der Waals surface area contributed by atoms with Crippen LogP contribution in [0.15, 0.2) is 47.6 Å². The number of nitrogens with one attached hydrogen (secondary N) is 1. The number of benzene rings is 2. The van der Waals surface area contributed by atoms with Crippen molar-refractivity contribution in [1.29, 1.82) is 0 Å². The number of anilines is 1. The minimum absolute atomic E-state index is 0.00321. The van der Waals surface area contributed by atoms with Gasteiger partial charge < -0.3 is 9.90 Å². The van der Waals surface area contributed by atoms with Gasteiger partial charge in [-0.3, -0.25) is 5.43 Å². The molecule has 0 spiro atoms. The molecule has 21 heavy (non-hydrogen) atoms. The van der Waals surface area contributed by atoms with Crippen molar-refractivity contribution in [2.75, 3.05) is 5.43 Å². The monoisotopic (exact) mass is 305 g/mol. The Kier molecular flexibility index (Phi) is 4.55. The summed E-state index contributed by atoms with van der Waals surface area (Å²) in [5.74, 6) is -1.63. The molecule has 0 aliphatic rings. The predicted molar refractivity (Wildman–Crippen MR) is 78.0 cm³/mol. The van der Waals surface area contributed by atoms with Gasteiger partial charge in [-0.1, -0.05) is 29.8 Å². The first-order valence-corrected chi connectivity index (χ1v) is 6.42. The van der Waals surface area contributed by atoms with Crippen molar-refractivity contribution in [2.45, 2.75) is 6.92 Å². The summed E-state index contributed by atoms with van der Waals surface area (Å²) in [5, 5.41) is 15.2. The smallest absolute Gasteiger partial charge is 0.123 e. The van der Waals surface area contributed by atoms with Gasteiger partial charge in [-0.25, -0.2) is 4.39 Å². The van der Waals surface area contributed by atoms with E-state index >= 15 is 0 Å². The molecule has 4 nitrogen and oxygen atoms in total. The fraction of sp³-hybridized carbons (Fsp3) is 0.0667. The SMILES string of the molecule is C/C(=N/Nc1cc(C(=O)[O-])ccc1Cl)c1ccc(F)cc1. The van der Waals surface area contributed by atoms with Crippen LogP contribution in [0.3, 0.4) is 0 Å². The van der Waals surface area contributed by atoms with Crippen LogP contribution < -0.4 is 10.5 Å². The first kappa shape index (κ1) is 15.0. The molecule has 1 N–H and O–H groups in total. The molecule has 0 saturated carbocycles. The fourth-order valence-corrected chi connectivity index (χ4v) is 1.80. The predicted octanol–water partition coefficient (Wildman–Crippen LogP) is 2.68. The van der Waals surface area contributed by atoms with Gasteiger partial charge in [0.05, 0.1) is 22.4 Å². The maximum atomic E-state index is 12.8. The average Bonchev–Trinajstić information content (AvgIpc) is 2.46. The van der Waals surface area contributed by atoms with Crippen LogP contribution >= 0.6 is 11.6 Å². The van der Waals surface area contributed by atoms with Gasteiger partial charge in [0.25, 0.3) is 0 Å². The quantitative estimate of drug-likeness (QED) is 0.697. The summed E-state index contributed by atoms with van der Waals surface area (Å²) in [5.41, 5.74) is 4.37. The number of carbonyl (C=O) groups is 1. The standard InChI is InChI=1S/C15H12ClFN2O2/c1-9(10-2-5-12(17)6-3-10)18-19-14-8-11(15(20)21)4-7-13(14)16/h2-8,19H,1H3,(H,20,21)/p-1/b18-9-. The summed E-state index contributed by atoms with van der Waals surface area (Å²) >= 11 is 5.96. The van der Waals surface area contributed by atoms with Crippen molar-refractivity contribution in [3.8, 4) is 0 Å². The van der Waals surface area contributed by atoms with Gasteiger partial charge in [0, 0.05) is 0 Å². The van der Waals surface area contributed by atoms with Crippen LogP contribution in [0, 0.1) is 5.82 Å². The highest BCUT2D eigenvalue weighted by Gasteiger charge is 2.03. The molecule has 2 rings (SSSR count). The molecule has 0 amide bonds. The number of carbonyl (C=O) groups excluding carboxylic acids is 1. The highest BCUT2D eigenvalue weighted by atomic mass is 35.5. The largest absolute Gasteiger partial charge is 0.545 e. The summed E-state index contributed by atoms with van der Waals surface area (Å²) in [6.45, 7) is 1.73. The molecule has 0 aliphatic carbocycles. The summed E-state index contributed by atoms with van der Waals surface area (Å²) < 4.78 is 12.8. The molecule has 0 bridgehead atoms. The lowest BCUT2D eigenvalue weighted by Crippen LogP contribution is -2.22. The summed E-state index contributed by atoms with van der Waals surface area (Å²) in [6.07, 6.45) is 0.